The number of hydrogen-bond donors (Lipinski definition) is 1. The molecule has 0 bridgehead atoms. The van der Waals surface area contributed by atoms with Crippen LogP contribution in [-0.2, 0) is 17.0 Å². The van der Waals surface area contributed by atoms with E-state index in [0.29, 0.717) is 6.42 Å². The fourth-order valence-corrected chi connectivity index (χ4v) is 3.47. The van der Waals surface area contributed by atoms with Crippen molar-refractivity contribution in [3.63, 3.8) is 0 Å². The molecule has 1 heterocycles. The largest absolute Gasteiger partial charge is 0.326 e. The molecule has 0 spiro atoms. The van der Waals surface area contributed by atoms with Gasteiger partial charge in [0.25, 0.3) is 0 Å². The number of nitrogens with one attached hydrogen (secondary N) is 1. The van der Waals surface area contributed by atoms with Crippen LogP contribution in [0.3, 0.4) is 0 Å². The number of amides is 1. The Morgan fingerprint density at radius 3 is 2.58 bits per heavy atom. The highest BCUT2D eigenvalue weighted by Crippen LogP contribution is 2.24. The van der Waals surface area contributed by atoms with Crippen LogP contribution in [0, 0.1) is 6.92 Å². The van der Waals surface area contributed by atoms with Gasteiger partial charge in [-0.1, -0.05) is 35.9 Å². The van der Waals surface area contributed by atoms with E-state index >= 15 is 0 Å². The molecule has 0 saturated heterocycles. The van der Waals surface area contributed by atoms with Crippen LogP contribution in [0.2, 0.25) is 0 Å². The predicted molar refractivity (Wildman–Crippen MR) is 108 cm³/mol. The summed E-state index contributed by atoms with van der Waals surface area (Å²) in [6.45, 7) is 2.07. The number of rotatable bonds is 7. The zero-order valence-corrected chi connectivity index (χ0v) is 15.6. The lowest BCUT2D eigenvalue weighted by Gasteiger charge is -2.07. The number of carbonyl (C=O) groups is 1. The maximum absolute atomic E-state index is 12.1. The van der Waals surface area contributed by atoms with Gasteiger partial charge in [-0.3, -0.25) is 9.78 Å². The number of thioether (sulfide) groups is 1. The number of benzene rings is 2. The Kier molecular flexibility index (Phi) is 6.45. The number of aromatic nitrogens is 1. The Balaban J connectivity index is 1.46. The van der Waals surface area contributed by atoms with E-state index in [1.165, 1.54) is 21.6 Å². The minimum absolute atomic E-state index is 0.0438. The summed E-state index contributed by atoms with van der Waals surface area (Å²) >= 11 is 1.76. The Morgan fingerprint density at radius 2 is 1.85 bits per heavy atom. The summed E-state index contributed by atoms with van der Waals surface area (Å²) < 4.78 is 0. The molecule has 0 aliphatic rings. The molecule has 0 unspecified atom stereocenters. The highest BCUT2D eigenvalue weighted by Gasteiger charge is 2.04. The van der Waals surface area contributed by atoms with Gasteiger partial charge < -0.3 is 5.32 Å². The minimum Gasteiger partial charge on any atom is -0.326 e. The van der Waals surface area contributed by atoms with E-state index in [1.54, 1.807) is 18.0 Å². The van der Waals surface area contributed by atoms with Crippen LogP contribution in [0.5, 0.6) is 0 Å². The number of pyridine rings is 1. The Hall–Kier alpha value is -2.59. The first-order valence-corrected chi connectivity index (χ1v) is 9.65. The number of nitrogens with zero attached hydrogens (tertiary/aromatic N) is 1. The van der Waals surface area contributed by atoms with E-state index < -0.39 is 0 Å². The molecule has 3 nitrogen and oxygen atoms in total. The molecule has 1 N–H and O–H groups in total. The summed E-state index contributed by atoms with van der Waals surface area (Å²) in [7, 11) is 0. The molecule has 0 radical (unpaired) electrons. The summed E-state index contributed by atoms with van der Waals surface area (Å²) in [4.78, 5) is 17.4. The number of aryl methyl sites for hydroxylation is 2. The third kappa shape index (κ3) is 5.74. The van der Waals surface area contributed by atoms with Gasteiger partial charge >= 0.3 is 0 Å². The average Bonchev–Trinajstić information content (AvgIpc) is 2.67. The van der Waals surface area contributed by atoms with Crippen molar-refractivity contribution in [2.24, 2.45) is 0 Å². The van der Waals surface area contributed by atoms with Crippen molar-refractivity contribution in [2.45, 2.75) is 30.4 Å². The minimum atomic E-state index is 0.0438. The molecular formula is C22H22N2OS. The molecule has 132 valence electrons. The Morgan fingerprint density at radius 1 is 1.04 bits per heavy atom. The topological polar surface area (TPSA) is 42.0 Å². The average molecular weight is 362 g/mol. The van der Waals surface area contributed by atoms with Crippen molar-refractivity contribution in [1.82, 2.24) is 4.98 Å². The fourth-order valence-electron chi connectivity index (χ4n) is 2.63. The smallest absolute Gasteiger partial charge is 0.224 e. The van der Waals surface area contributed by atoms with Crippen LogP contribution in [0.4, 0.5) is 5.69 Å². The molecule has 0 aliphatic carbocycles. The number of anilines is 1. The number of hydrogen-bond acceptors (Lipinski definition) is 3. The van der Waals surface area contributed by atoms with Gasteiger partial charge in [0.2, 0.25) is 5.91 Å². The Labute approximate surface area is 158 Å². The highest BCUT2D eigenvalue weighted by atomic mass is 32.2. The summed E-state index contributed by atoms with van der Waals surface area (Å²) in [5, 5.41) is 2.97. The molecule has 3 aromatic rings. The van der Waals surface area contributed by atoms with Gasteiger partial charge in [-0.25, -0.2) is 0 Å². The standard InChI is InChI=1S/C22H22N2OS/c1-17-4-2-5-18(14-17)7-12-22(25)24-20-8-10-21(11-9-20)26-16-19-6-3-13-23-15-19/h2-6,8-11,13-15H,7,12,16H2,1H3,(H,24,25). The maximum Gasteiger partial charge on any atom is 0.224 e. The van der Waals surface area contributed by atoms with Crippen LogP contribution in [0.1, 0.15) is 23.1 Å². The predicted octanol–water partition coefficient (Wildman–Crippen LogP) is 5.25. The quantitative estimate of drug-likeness (QED) is 0.583. The molecule has 0 aliphatic heterocycles. The van der Waals surface area contributed by atoms with Gasteiger partial charge in [0, 0.05) is 35.2 Å². The van der Waals surface area contributed by atoms with E-state index in [0.717, 1.165) is 17.9 Å². The summed E-state index contributed by atoms with van der Waals surface area (Å²) in [6.07, 6.45) is 4.91. The first-order chi connectivity index (χ1) is 12.7. The third-order valence-corrected chi connectivity index (χ3v) is 5.07. The highest BCUT2D eigenvalue weighted by molar-refractivity contribution is 7.98. The lowest BCUT2D eigenvalue weighted by molar-refractivity contribution is -0.116. The summed E-state index contributed by atoms with van der Waals surface area (Å²) in [5.74, 6) is 0.929. The van der Waals surface area contributed by atoms with E-state index in [-0.39, 0.29) is 5.91 Å². The van der Waals surface area contributed by atoms with Crippen LogP contribution >= 0.6 is 11.8 Å². The zero-order valence-electron chi connectivity index (χ0n) is 14.8. The lowest BCUT2D eigenvalue weighted by atomic mass is 10.1. The second-order valence-corrected chi connectivity index (χ2v) is 7.26. The monoisotopic (exact) mass is 362 g/mol. The summed E-state index contributed by atoms with van der Waals surface area (Å²) in [6, 6.07) is 20.3. The molecular weight excluding hydrogens is 340 g/mol. The third-order valence-electron chi connectivity index (χ3n) is 3.99. The van der Waals surface area contributed by atoms with Gasteiger partial charge in [-0.2, -0.15) is 0 Å². The van der Waals surface area contributed by atoms with Crippen LogP contribution in [0.25, 0.3) is 0 Å². The first-order valence-electron chi connectivity index (χ1n) is 8.66. The molecule has 1 aromatic heterocycles. The molecule has 26 heavy (non-hydrogen) atoms. The van der Waals surface area contributed by atoms with Crippen molar-refractivity contribution in [3.8, 4) is 0 Å². The summed E-state index contributed by atoms with van der Waals surface area (Å²) in [5.41, 5.74) is 4.46. The second-order valence-electron chi connectivity index (χ2n) is 6.21. The molecule has 0 saturated carbocycles. The fraction of sp³-hybridized carbons (Fsp3) is 0.182. The first kappa shape index (κ1) is 18.2. The van der Waals surface area contributed by atoms with Gasteiger partial charge in [0.05, 0.1) is 0 Å². The van der Waals surface area contributed by atoms with E-state index in [2.05, 4.69) is 41.5 Å². The van der Waals surface area contributed by atoms with Crippen molar-refractivity contribution >= 4 is 23.4 Å². The van der Waals surface area contributed by atoms with E-state index in [1.807, 2.05) is 42.6 Å². The van der Waals surface area contributed by atoms with Crippen molar-refractivity contribution in [2.75, 3.05) is 5.32 Å². The van der Waals surface area contributed by atoms with Crippen molar-refractivity contribution in [1.29, 1.82) is 0 Å². The van der Waals surface area contributed by atoms with Gasteiger partial charge in [0.1, 0.15) is 0 Å². The zero-order chi connectivity index (χ0) is 18.2. The maximum atomic E-state index is 12.1. The normalized spacial score (nSPS) is 10.5. The number of carbonyl (C=O) groups excluding carboxylic acids is 1. The second kappa shape index (κ2) is 9.20. The van der Waals surface area contributed by atoms with Crippen LogP contribution < -0.4 is 5.32 Å². The van der Waals surface area contributed by atoms with Gasteiger partial charge in [-0.05, 0) is 54.8 Å². The molecule has 2 aromatic carbocycles. The molecule has 0 fully saturated rings. The van der Waals surface area contributed by atoms with Crippen molar-refractivity contribution in [3.05, 3.63) is 89.7 Å². The molecule has 4 heteroatoms. The van der Waals surface area contributed by atoms with Crippen LogP contribution in [0.15, 0.2) is 78.0 Å². The Bertz CT molecular complexity index is 848. The van der Waals surface area contributed by atoms with Gasteiger partial charge in [0.15, 0.2) is 0 Å². The van der Waals surface area contributed by atoms with Gasteiger partial charge in [-0.15, -0.1) is 11.8 Å². The van der Waals surface area contributed by atoms with E-state index in [4.69, 9.17) is 0 Å². The van der Waals surface area contributed by atoms with Crippen molar-refractivity contribution < 1.29 is 4.79 Å². The molecule has 1 amide bonds. The van der Waals surface area contributed by atoms with Crippen LogP contribution in [-0.4, -0.2) is 10.9 Å². The molecule has 0 atom stereocenters. The molecule has 3 rings (SSSR count). The SMILES string of the molecule is Cc1cccc(CCC(=O)Nc2ccc(SCc3cccnc3)cc2)c1. The van der Waals surface area contributed by atoms with E-state index in [9.17, 15) is 4.79 Å². The lowest BCUT2D eigenvalue weighted by Crippen LogP contribution is -2.12.